The van der Waals surface area contributed by atoms with Crippen LogP contribution in [0, 0.1) is 0 Å². The molecule has 0 aromatic heterocycles. The van der Waals surface area contributed by atoms with Crippen molar-refractivity contribution in [2.75, 3.05) is 28.7 Å². The average molecular weight is 499 g/mol. The van der Waals surface area contributed by atoms with E-state index in [4.69, 9.17) is 4.74 Å². The third kappa shape index (κ3) is 6.04. The number of nitrogens with one attached hydrogen (secondary N) is 2. The number of carbonyl (C=O) groups is 3. The monoisotopic (exact) mass is 498 g/mol. The average Bonchev–Trinajstić information content (AvgIpc) is 3.20. The number of amides is 3. The van der Waals surface area contributed by atoms with Gasteiger partial charge in [-0.15, -0.1) is 0 Å². The molecule has 0 unspecified atom stereocenters. The highest BCUT2D eigenvalue weighted by atomic mass is 32.2. The highest BCUT2D eigenvalue weighted by Gasteiger charge is 2.37. The Morgan fingerprint density at radius 1 is 1.00 bits per heavy atom. The number of carbonyl (C=O) groups excluding carboxylic acids is 3. The lowest BCUT2D eigenvalue weighted by Gasteiger charge is -2.27. The van der Waals surface area contributed by atoms with E-state index in [-0.39, 0.29) is 41.9 Å². The summed E-state index contributed by atoms with van der Waals surface area (Å²) in [5.74, 6) is -0.478. The molecule has 2 N–H and O–H groups in total. The first-order chi connectivity index (χ1) is 16.7. The van der Waals surface area contributed by atoms with E-state index in [2.05, 4.69) is 15.7 Å². The molecule has 1 saturated heterocycles. The van der Waals surface area contributed by atoms with Gasteiger partial charge in [-0.1, -0.05) is 0 Å². The Balaban J connectivity index is 1.37. The molecule has 0 spiro atoms. The molecule has 3 amide bonds. The van der Waals surface area contributed by atoms with Crippen molar-refractivity contribution in [1.29, 1.82) is 0 Å². The van der Waals surface area contributed by atoms with E-state index in [0.29, 0.717) is 35.7 Å². The number of hydrazone groups is 1. The van der Waals surface area contributed by atoms with Gasteiger partial charge in [0.1, 0.15) is 11.5 Å². The maximum absolute atomic E-state index is 12.7. The van der Waals surface area contributed by atoms with Gasteiger partial charge in [0, 0.05) is 29.8 Å². The summed E-state index contributed by atoms with van der Waals surface area (Å²) in [6.07, 6.45) is 0.573. The first-order valence-corrected chi connectivity index (χ1v) is 13.1. The molecule has 4 rings (SSSR count). The minimum absolute atomic E-state index is 0.0109. The molecule has 184 valence electrons. The summed E-state index contributed by atoms with van der Waals surface area (Å²) in [6, 6.07) is 12.9. The molecule has 2 aromatic rings. The van der Waals surface area contributed by atoms with Gasteiger partial charge < -0.3 is 15.4 Å². The van der Waals surface area contributed by atoms with Crippen molar-refractivity contribution in [2.24, 2.45) is 5.10 Å². The van der Waals surface area contributed by atoms with Crippen molar-refractivity contribution in [1.82, 2.24) is 5.01 Å². The Morgan fingerprint density at radius 2 is 1.63 bits per heavy atom. The molecular formula is C24H26N4O6S. The first-order valence-electron chi connectivity index (χ1n) is 11.3. The molecule has 35 heavy (non-hydrogen) atoms. The van der Waals surface area contributed by atoms with Crippen LogP contribution in [0.4, 0.5) is 11.4 Å². The second kappa shape index (κ2) is 10.3. The summed E-state index contributed by atoms with van der Waals surface area (Å²) < 4.78 is 28.9. The molecule has 0 radical (unpaired) electrons. The fourth-order valence-corrected chi connectivity index (χ4v) is 5.59. The van der Waals surface area contributed by atoms with Crippen LogP contribution < -0.4 is 15.4 Å². The number of hydrogen-bond donors (Lipinski definition) is 2. The van der Waals surface area contributed by atoms with Crippen LogP contribution in [0.1, 0.15) is 36.5 Å². The summed E-state index contributed by atoms with van der Waals surface area (Å²) in [7, 11) is -3.19. The van der Waals surface area contributed by atoms with Crippen LogP contribution in [0.3, 0.4) is 0 Å². The maximum Gasteiger partial charge on any atom is 0.271 e. The van der Waals surface area contributed by atoms with E-state index < -0.39 is 21.8 Å². The Morgan fingerprint density at radius 3 is 2.23 bits per heavy atom. The lowest BCUT2D eigenvalue weighted by atomic mass is 10.1. The minimum Gasteiger partial charge on any atom is -0.494 e. The highest BCUT2D eigenvalue weighted by Crippen LogP contribution is 2.23. The number of ether oxygens (including phenoxy) is 1. The van der Waals surface area contributed by atoms with Gasteiger partial charge in [0.15, 0.2) is 9.84 Å². The van der Waals surface area contributed by atoms with Gasteiger partial charge in [0.2, 0.25) is 5.91 Å². The topological polar surface area (TPSA) is 134 Å². The predicted octanol–water partition coefficient (Wildman–Crippen LogP) is 2.44. The number of hydrogen-bond acceptors (Lipinski definition) is 7. The van der Waals surface area contributed by atoms with Gasteiger partial charge in [-0.3, -0.25) is 14.4 Å². The molecule has 0 aliphatic carbocycles. The largest absolute Gasteiger partial charge is 0.494 e. The first kappa shape index (κ1) is 24.4. The molecular weight excluding hydrogens is 472 g/mol. The summed E-state index contributed by atoms with van der Waals surface area (Å²) in [5.41, 5.74) is 1.65. The minimum atomic E-state index is -3.19. The van der Waals surface area contributed by atoms with Crippen molar-refractivity contribution >= 4 is 44.6 Å². The molecule has 0 saturated carbocycles. The normalized spacial score (nSPS) is 19.1. The number of nitrogens with zero attached hydrogens (tertiary/aromatic N) is 2. The summed E-state index contributed by atoms with van der Waals surface area (Å²) in [5, 5.41) is 10.8. The van der Waals surface area contributed by atoms with Gasteiger partial charge in [-0.2, -0.15) is 5.10 Å². The van der Waals surface area contributed by atoms with Gasteiger partial charge in [0.25, 0.3) is 11.8 Å². The van der Waals surface area contributed by atoms with Crippen molar-refractivity contribution in [3.8, 4) is 5.75 Å². The van der Waals surface area contributed by atoms with Crippen molar-refractivity contribution in [3.05, 3.63) is 54.1 Å². The van der Waals surface area contributed by atoms with Crippen LogP contribution in [0.2, 0.25) is 0 Å². The third-order valence-electron chi connectivity index (χ3n) is 5.70. The lowest BCUT2D eigenvalue weighted by Crippen LogP contribution is -2.42. The van der Waals surface area contributed by atoms with Crippen LogP contribution in [-0.4, -0.2) is 61.0 Å². The molecule has 11 heteroatoms. The predicted molar refractivity (Wildman–Crippen MR) is 131 cm³/mol. The Bertz CT molecular complexity index is 1260. The Labute approximate surface area is 203 Å². The summed E-state index contributed by atoms with van der Waals surface area (Å²) >= 11 is 0. The molecule has 0 bridgehead atoms. The molecule has 10 nitrogen and oxygen atoms in total. The SMILES string of the molecule is CCOc1ccc(NC(=O)c2ccc(NC(=O)C3=NN([C@H]4CCS(=O)(=O)C4)C(=O)CC3)cc2)cc1. The third-order valence-corrected chi connectivity index (χ3v) is 7.45. The zero-order valence-electron chi connectivity index (χ0n) is 19.2. The second-order valence-electron chi connectivity index (χ2n) is 8.28. The Kier molecular flexibility index (Phi) is 7.15. The van der Waals surface area contributed by atoms with Gasteiger partial charge in [0.05, 0.1) is 24.2 Å². The van der Waals surface area contributed by atoms with Crippen molar-refractivity contribution < 1.29 is 27.5 Å². The fourth-order valence-electron chi connectivity index (χ4n) is 3.90. The number of anilines is 2. The van der Waals surface area contributed by atoms with E-state index in [1.165, 1.54) is 0 Å². The van der Waals surface area contributed by atoms with Crippen LogP contribution in [0.5, 0.6) is 5.75 Å². The number of benzene rings is 2. The lowest BCUT2D eigenvalue weighted by molar-refractivity contribution is -0.133. The Hall–Kier alpha value is -3.73. The standard InChI is InChI=1S/C24H26N4O6S/c1-2-34-20-9-7-18(8-10-20)25-23(30)16-3-5-17(6-4-16)26-24(31)21-11-12-22(29)28(27-21)19-13-14-35(32,33)15-19/h3-10,19H,2,11-15H2,1H3,(H,25,30)(H,26,31)/t19-/m0/s1. The zero-order chi connectivity index (χ0) is 25.0. The number of sulfone groups is 1. The van der Waals surface area contributed by atoms with Crippen LogP contribution in [0.25, 0.3) is 0 Å². The summed E-state index contributed by atoms with van der Waals surface area (Å²) in [6.45, 7) is 2.45. The van der Waals surface area contributed by atoms with Crippen LogP contribution in [-0.2, 0) is 19.4 Å². The molecule has 2 aromatic carbocycles. The quantitative estimate of drug-likeness (QED) is 0.602. The van der Waals surface area contributed by atoms with E-state index in [9.17, 15) is 22.8 Å². The molecule has 2 aliphatic heterocycles. The molecule has 2 aliphatic rings. The van der Waals surface area contributed by atoms with E-state index in [1.807, 2.05) is 6.92 Å². The molecule has 1 fully saturated rings. The maximum atomic E-state index is 12.7. The zero-order valence-corrected chi connectivity index (χ0v) is 20.0. The van der Waals surface area contributed by atoms with E-state index >= 15 is 0 Å². The summed E-state index contributed by atoms with van der Waals surface area (Å²) in [4.78, 5) is 37.5. The highest BCUT2D eigenvalue weighted by molar-refractivity contribution is 7.91. The molecule has 1 atom stereocenters. The van der Waals surface area contributed by atoms with Gasteiger partial charge in [-0.05, 0) is 61.9 Å². The number of rotatable bonds is 7. The van der Waals surface area contributed by atoms with Crippen LogP contribution in [0.15, 0.2) is 53.6 Å². The van der Waals surface area contributed by atoms with Gasteiger partial charge in [-0.25, -0.2) is 13.4 Å². The van der Waals surface area contributed by atoms with E-state index in [1.54, 1.807) is 48.5 Å². The van der Waals surface area contributed by atoms with Crippen molar-refractivity contribution in [3.63, 3.8) is 0 Å². The van der Waals surface area contributed by atoms with E-state index in [0.717, 1.165) is 5.01 Å². The van der Waals surface area contributed by atoms with Gasteiger partial charge >= 0.3 is 0 Å². The second-order valence-corrected chi connectivity index (χ2v) is 10.5. The fraction of sp³-hybridized carbons (Fsp3) is 0.333. The van der Waals surface area contributed by atoms with Crippen LogP contribution >= 0.6 is 0 Å². The smallest absolute Gasteiger partial charge is 0.271 e. The van der Waals surface area contributed by atoms with Crippen molar-refractivity contribution in [2.45, 2.75) is 32.2 Å². The molecule has 2 heterocycles.